The Kier molecular flexibility index (Phi) is 5.62. The quantitative estimate of drug-likeness (QED) is 0.882. The maximum absolute atomic E-state index is 12.6. The van der Waals surface area contributed by atoms with Crippen molar-refractivity contribution in [2.45, 2.75) is 42.5 Å². The van der Waals surface area contributed by atoms with Crippen molar-refractivity contribution in [3.05, 3.63) is 36.7 Å². The van der Waals surface area contributed by atoms with Gasteiger partial charge >= 0.3 is 0 Å². The molecule has 1 fully saturated rings. The summed E-state index contributed by atoms with van der Waals surface area (Å²) >= 11 is 0. The molecule has 0 saturated heterocycles. The Morgan fingerprint density at radius 3 is 2.65 bits per heavy atom. The molecule has 1 saturated carbocycles. The third-order valence-corrected chi connectivity index (χ3v) is 5.85. The Hall–Kier alpha value is -1.21. The smallest absolute Gasteiger partial charge is 0.241 e. The van der Waals surface area contributed by atoms with Crippen molar-refractivity contribution in [1.82, 2.24) is 9.71 Å². The van der Waals surface area contributed by atoms with E-state index in [1.165, 1.54) is 6.42 Å². The van der Waals surface area contributed by atoms with Gasteiger partial charge in [0.15, 0.2) is 0 Å². The molecule has 3 rings (SSSR count). The highest BCUT2D eigenvalue weighted by Gasteiger charge is 2.29. The minimum absolute atomic E-state index is 0. The maximum Gasteiger partial charge on any atom is 0.241 e. The van der Waals surface area contributed by atoms with Crippen LogP contribution in [0.25, 0.3) is 10.8 Å². The lowest BCUT2D eigenvalue weighted by molar-refractivity contribution is 0.296. The molecule has 0 atom stereocenters. The van der Waals surface area contributed by atoms with Crippen LogP contribution in [-0.2, 0) is 10.0 Å². The molecule has 1 heterocycles. The fourth-order valence-corrected chi connectivity index (χ4v) is 4.44. The molecule has 0 amide bonds. The summed E-state index contributed by atoms with van der Waals surface area (Å²) in [6, 6.07) is 6.93. The normalized spacial score (nSPS) is 17.6. The van der Waals surface area contributed by atoms with E-state index in [2.05, 4.69) is 9.71 Å². The Bertz CT molecular complexity index is 768. The number of nitrogens with zero attached hydrogens (tertiary/aromatic N) is 1. The van der Waals surface area contributed by atoms with Crippen LogP contribution in [0.3, 0.4) is 0 Å². The van der Waals surface area contributed by atoms with Crippen molar-refractivity contribution in [3.8, 4) is 0 Å². The molecule has 3 N–H and O–H groups in total. The maximum atomic E-state index is 12.6. The zero-order chi connectivity index (χ0) is 15.6. The Morgan fingerprint density at radius 2 is 1.91 bits per heavy atom. The number of halogens is 1. The van der Waals surface area contributed by atoms with Crippen LogP contribution < -0.4 is 10.5 Å². The van der Waals surface area contributed by atoms with Crippen molar-refractivity contribution in [2.24, 2.45) is 5.73 Å². The molecule has 0 bridgehead atoms. The molecule has 23 heavy (non-hydrogen) atoms. The highest BCUT2D eigenvalue weighted by molar-refractivity contribution is 7.89. The Morgan fingerprint density at radius 1 is 1.17 bits per heavy atom. The van der Waals surface area contributed by atoms with E-state index in [1.807, 2.05) is 6.07 Å². The van der Waals surface area contributed by atoms with Gasteiger partial charge in [0.25, 0.3) is 0 Å². The lowest BCUT2D eigenvalue weighted by atomic mass is 9.83. The molecular formula is C16H22ClN3O2S. The van der Waals surface area contributed by atoms with Gasteiger partial charge in [0.2, 0.25) is 10.0 Å². The first kappa shape index (κ1) is 18.1. The number of nitrogens with one attached hydrogen (secondary N) is 1. The van der Waals surface area contributed by atoms with Gasteiger partial charge in [-0.15, -0.1) is 12.4 Å². The van der Waals surface area contributed by atoms with Gasteiger partial charge in [-0.3, -0.25) is 4.98 Å². The summed E-state index contributed by atoms with van der Waals surface area (Å²) in [5, 5.41) is 1.49. The molecule has 1 aromatic carbocycles. The zero-order valence-electron chi connectivity index (χ0n) is 12.9. The van der Waals surface area contributed by atoms with Gasteiger partial charge in [0.05, 0.1) is 4.90 Å². The molecule has 0 unspecified atom stereocenters. The second-order valence-electron chi connectivity index (χ2n) is 6.10. The van der Waals surface area contributed by atoms with E-state index in [-0.39, 0.29) is 23.8 Å². The van der Waals surface area contributed by atoms with Gasteiger partial charge in [0, 0.05) is 35.2 Å². The van der Waals surface area contributed by atoms with Crippen LogP contribution in [0.2, 0.25) is 0 Å². The van der Waals surface area contributed by atoms with Crippen molar-refractivity contribution in [1.29, 1.82) is 0 Å². The summed E-state index contributed by atoms with van der Waals surface area (Å²) in [4.78, 5) is 4.32. The minimum atomic E-state index is -3.58. The topological polar surface area (TPSA) is 85.1 Å². The van der Waals surface area contributed by atoms with E-state index in [4.69, 9.17) is 5.73 Å². The van der Waals surface area contributed by atoms with Crippen molar-refractivity contribution in [2.75, 3.05) is 6.54 Å². The number of rotatable bonds is 4. The summed E-state index contributed by atoms with van der Waals surface area (Å²) in [6.07, 6.45) is 8.33. The van der Waals surface area contributed by atoms with Gasteiger partial charge in [-0.2, -0.15) is 0 Å². The van der Waals surface area contributed by atoms with Crippen molar-refractivity contribution < 1.29 is 8.42 Å². The lowest BCUT2D eigenvalue weighted by Gasteiger charge is -2.33. The van der Waals surface area contributed by atoms with Gasteiger partial charge in [-0.1, -0.05) is 31.4 Å². The molecule has 126 valence electrons. The van der Waals surface area contributed by atoms with Crippen molar-refractivity contribution in [3.63, 3.8) is 0 Å². The summed E-state index contributed by atoms with van der Waals surface area (Å²) in [6.45, 7) is 0.288. The number of aromatic nitrogens is 1. The van der Waals surface area contributed by atoms with Crippen LogP contribution in [0.4, 0.5) is 0 Å². The summed E-state index contributed by atoms with van der Waals surface area (Å²) in [7, 11) is -3.58. The molecule has 1 aliphatic carbocycles. The highest BCUT2D eigenvalue weighted by atomic mass is 35.5. The van der Waals surface area contributed by atoms with E-state index < -0.39 is 15.6 Å². The number of hydrogen-bond donors (Lipinski definition) is 2. The predicted molar refractivity (Wildman–Crippen MR) is 94.2 cm³/mol. The molecule has 1 aromatic heterocycles. The number of fused-ring (bicyclic) bond motifs is 1. The number of nitrogens with two attached hydrogens (primary N) is 1. The van der Waals surface area contributed by atoms with Crippen LogP contribution >= 0.6 is 12.4 Å². The van der Waals surface area contributed by atoms with Crippen LogP contribution in [0.1, 0.15) is 32.1 Å². The molecule has 2 aromatic rings. The number of sulfonamides is 1. The molecule has 7 heteroatoms. The number of pyridine rings is 1. The molecule has 0 radical (unpaired) electrons. The summed E-state index contributed by atoms with van der Waals surface area (Å²) < 4.78 is 28.0. The Balaban J connectivity index is 0.00000192. The standard InChI is InChI=1S/C16H21N3O2S.ClH/c17-16(8-2-1-3-9-16)12-19-22(20,21)15-6-4-5-13-11-18-10-7-14(13)15;/h4-7,10-11,19H,1-3,8-9,12,17H2;1H. The zero-order valence-corrected chi connectivity index (χ0v) is 14.5. The van der Waals surface area contributed by atoms with Crippen LogP contribution in [-0.4, -0.2) is 25.5 Å². The first-order valence-electron chi connectivity index (χ1n) is 7.62. The molecule has 0 aliphatic heterocycles. The fourth-order valence-electron chi connectivity index (χ4n) is 3.08. The molecule has 0 spiro atoms. The lowest BCUT2D eigenvalue weighted by Crippen LogP contribution is -2.51. The molecular weight excluding hydrogens is 334 g/mol. The van der Waals surface area contributed by atoms with Crippen LogP contribution in [0.5, 0.6) is 0 Å². The molecule has 5 nitrogen and oxygen atoms in total. The van der Waals surface area contributed by atoms with Crippen LogP contribution in [0, 0.1) is 0 Å². The number of benzene rings is 1. The van der Waals surface area contributed by atoms with E-state index in [1.54, 1.807) is 30.6 Å². The molecule has 1 aliphatic rings. The van der Waals surface area contributed by atoms with E-state index in [0.29, 0.717) is 5.39 Å². The van der Waals surface area contributed by atoms with Gasteiger partial charge < -0.3 is 5.73 Å². The van der Waals surface area contributed by atoms with E-state index in [0.717, 1.165) is 31.1 Å². The average Bonchev–Trinajstić information content (AvgIpc) is 2.53. The number of hydrogen-bond acceptors (Lipinski definition) is 4. The van der Waals surface area contributed by atoms with E-state index >= 15 is 0 Å². The fraction of sp³-hybridized carbons (Fsp3) is 0.438. The summed E-state index contributed by atoms with van der Waals surface area (Å²) in [5.74, 6) is 0. The van der Waals surface area contributed by atoms with Crippen LogP contribution in [0.15, 0.2) is 41.6 Å². The monoisotopic (exact) mass is 355 g/mol. The average molecular weight is 356 g/mol. The second kappa shape index (κ2) is 7.13. The second-order valence-corrected chi connectivity index (χ2v) is 7.84. The third-order valence-electron chi connectivity index (χ3n) is 4.39. The first-order chi connectivity index (χ1) is 10.5. The van der Waals surface area contributed by atoms with Gasteiger partial charge in [-0.05, 0) is 25.0 Å². The van der Waals surface area contributed by atoms with Gasteiger partial charge in [0.1, 0.15) is 0 Å². The SMILES string of the molecule is Cl.NC1(CNS(=O)(=O)c2cccc3cnccc23)CCCCC1. The minimum Gasteiger partial charge on any atom is -0.324 e. The largest absolute Gasteiger partial charge is 0.324 e. The Labute approximate surface area is 143 Å². The van der Waals surface area contributed by atoms with Gasteiger partial charge in [-0.25, -0.2) is 13.1 Å². The van der Waals surface area contributed by atoms with Crippen molar-refractivity contribution >= 4 is 33.2 Å². The first-order valence-corrected chi connectivity index (χ1v) is 9.10. The van der Waals surface area contributed by atoms with E-state index in [9.17, 15) is 8.42 Å². The highest BCUT2D eigenvalue weighted by Crippen LogP contribution is 2.26. The summed E-state index contributed by atoms with van der Waals surface area (Å²) in [5.41, 5.74) is 5.90. The third kappa shape index (κ3) is 4.01. The predicted octanol–water partition coefficient (Wildman–Crippen LogP) is 2.60.